The van der Waals surface area contributed by atoms with Gasteiger partial charge in [-0.3, -0.25) is 0 Å². The van der Waals surface area contributed by atoms with Crippen molar-refractivity contribution in [1.29, 1.82) is 0 Å². The number of hydrogen-bond donors (Lipinski definition) is 3. The smallest absolute Gasteiger partial charge is 0.127 e. The minimum absolute atomic E-state index is 0.122. The maximum Gasteiger partial charge on any atom is 0.127 e. The van der Waals surface area contributed by atoms with Crippen molar-refractivity contribution < 1.29 is 14.9 Å². The molecule has 0 bridgehead atoms. The van der Waals surface area contributed by atoms with Gasteiger partial charge in [-0.2, -0.15) is 11.8 Å². The van der Waals surface area contributed by atoms with Gasteiger partial charge in [-0.05, 0) is 25.3 Å². The summed E-state index contributed by atoms with van der Waals surface area (Å²) in [5.74, 6) is 0.962. The standard InChI is InChI=1S/C13H19NO3S/c1-8(13(6-15)18-2)14-11-7-17-12-5-9(16)3-4-10(11)12/h3-5,8,11,13-16H,6-7H2,1-2H3. The Hall–Kier alpha value is -0.910. The fourth-order valence-corrected chi connectivity index (χ4v) is 2.83. The lowest BCUT2D eigenvalue weighted by atomic mass is 10.1. The van der Waals surface area contributed by atoms with Gasteiger partial charge in [0.05, 0.1) is 12.6 Å². The molecule has 3 atom stereocenters. The molecule has 1 aliphatic heterocycles. The number of aromatic hydroxyl groups is 1. The summed E-state index contributed by atoms with van der Waals surface area (Å²) in [4.78, 5) is 0. The zero-order chi connectivity index (χ0) is 13.1. The molecule has 1 heterocycles. The molecule has 3 N–H and O–H groups in total. The Morgan fingerprint density at radius 1 is 1.56 bits per heavy atom. The average Bonchev–Trinajstić information content (AvgIpc) is 2.73. The van der Waals surface area contributed by atoms with Gasteiger partial charge < -0.3 is 20.3 Å². The van der Waals surface area contributed by atoms with Gasteiger partial charge in [-0.15, -0.1) is 0 Å². The third-order valence-corrected chi connectivity index (χ3v) is 4.45. The molecule has 0 spiro atoms. The number of benzene rings is 1. The molecule has 0 saturated carbocycles. The van der Waals surface area contributed by atoms with E-state index >= 15 is 0 Å². The first-order chi connectivity index (χ1) is 8.65. The molecule has 3 unspecified atom stereocenters. The predicted molar refractivity (Wildman–Crippen MR) is 73.3 cm³/mol. The Morgan fingerprint density at radius 2 is 2.33 bits per heavy atom. The molecule has 0 saturated heterocycles. The minimum Gasteiger partial charge on any atom is -0.508 e. The van der Waals surface area contributed by atoms with E-state index in [4.69, 9.17) is 4.74 Å². The summed E-state index contributed by atoms with van der Waals surface area (Å²) in [7, 11) is 0. The first-order valence-electron chi connectivity index (χ1n) is 6.01. The van der Waals surface area contributed by atoms with Crippen LogP contribution in [0.2, 0.25) is 0 Å². The molecule has 2 rings (SSSR count). The van der Waals surface area contributed by atoms with E-state index in [1.54, 1.807) is 23.9 Å². The number of phenolic OH excluding ortho intramolecular Hbond substituents is 1. The molecule has 5 heteroatoms. The Bertz CT molecular complexity index is 409. The van der Waals surface area contributed by atoms with Gasteiger partial charge in [0.2, 0.25) is 0 Å². The first-order valence-corrected chi connectivity index (χ1v) is 7.30. The number of aliphatic hydroxyl groups is 1. The Kier molecular flexibility index (Phi) is 4.37. The third kappa shape index (κ3) is 2.74. The Morgan fingerprint density at radius 3 is 3.00 bits per heavy atom. The quantitative estimate of drug-likeness (QED) is 0.756. The second-order valence-electron chi connectivity index (χ2n) is 4.50. The second kappa shape index (κ2) is 5.82. The van der Waals surface area contributed by atoms with Crippen LogP contribution in [0, 0.1) is 0 Å². The number of rotatable bonds is 5. The van der Waals surface area contributed by atoms with Crippen LogP contribution in [0.4, 0.5) is 0 Å². The molecular formula is C13H19NO3S. The van der Waals surface area contributed by atoms with Crippen LogP contribution in [0.15, 0.2) is 18.2 Å². The van der Waals surface area contributed by atoms with E-state index in [1.807, 2.05) is 12.3 Å². The van der Waals surface area contributed by atoms with Gasteiger partial charge in [-0.1, -0.05) is 0 Å². The van der Waals surface area contributed by atoms with Gasteiger partial charge in [0.1, 0.15) is 18.1 Å². The topological polar surface area (TPSA) is 61.7 Å². The van der Waals surface area contributed by atoms with Gasteiger partial charge in [0, 0.05) is 22.9 Å². The number of thioether (sulfide) groups is 1. The SMILES string of the molecule is CSC(CO)C(C)NC1COc2cc(O)ccc21. The largest absolute Gasteiger partial charge is 0.508 e. The molecule has 100 valence electrons. The predicted octanol–water partition coefficient (Wildman–Crippen LogP) is 1.53. The lowest BCUT2D eigenvalue weighted by molar-refractivity contribution is 0.257. The van der Waals surface area contributed by atoms with Gasteiger partial charge in [0.25, 0.3) is 0 Å². The van der Waals surface area contributed by atoms with Crippen LogP contribution < -0.4 is 10.1 Å². The fourth-order valence-electron chi connectivity index (χ4n) is 2.20. The maximum absolute atomic E-state index is 9.39. The van der Waals surface area contributed by atoms with Crippen molar-refractivity contribution in [3.05, 3.63) is 23.8 Å². The summed E-state index contributed by atoms with van der Waals surface area (Å²) in [5.41, 5.74) is 1.07. The van der Waals surface area contributed by atoms with E-state index in [9.17, 15) is 10.2 Å². The van der Waals surface area contributed by atoms with Crippen LogP contribution in [-0.2, 0) is 0 Å². The van der Waals surface area contributed by atoms with Crippen LogP contribution in [0.1, 0.15) is 18.5 Å². The van der Waals surface area contributed by atoms with Crippen LogP contribution in [-0.4, -0.2) is 41.0 Å². The summed E-state index contributed by atoms with van der Waals surface area (Å²) in [5, 5.41) is 22.3. The summed E-state index contributed by atoms with van der Waals surface area (Å²) >= 11 is 1.65. The molecule has 1 aromatic carbocycles. The number of hydrogen-bond acceptors (Lipinski definition) is 5. The van der Waals surface area contributed by atoms with Crippen LogP contribution in [0.25, 0.3) is 0 Å². The van der Waals surface area contributed by atoms with E-state index < -0.39 is 0 Å². The van der Waals surface area contributed by atoms with Gasteiger partial charge in [0.15, 0.2) is 0 Å². The average molecular weight is 269 g/mol. The molecule has 0 radical (unpaired) electrons. The second-order valence-corrected chi connectivity index (χ2v) is 5.57. The maximum atomic E-state index is 9.39. The minimum atomic E-state index is 0.122. The zero-order valence-electron chi connectivity index (χ0n) is 10.6. The number of fused-ring (bicyclic) bond motifs is 1. The van der Waals surface area contributed by atoms with Crippen molar-refractivity contribution in [2.75, 3.05) is 19.5 Å². The summed E-state index contributed by atoms with van der Waals surface area (Å²) in [6.45, 7) is 2.79. The Labute approximate surface area is 111 Å². The third-order valence-electron chi connectivity index (χ3n) is 3.28. The number of nitrogens with one attached hydrogen (secondary N) is 1. The van der Waals surface area contributed by atoms with E-state index in [0.29, 0.717) is 6.61 Å². The number of phenols is 1. The van der Waals surface area contributed by atoms with Crippen LogP contribution in [0.5, 0.6) is 11.5 Å². The highest BCUT2D eigenvalue weighted by atomic mass is 32.2. The molecule has 4 nitrogen and oxygen atoms in total. The van der Waals surface area contributed by atoms with Gasteiger partial charge in [-0.25, -0.2) is 0 Å². The molecule has 0 fully saturated rings. The Balaban J connectivity index is 2.05. The van der Waals surface area contributed by atoms with Crippen molar-refractivity contribution in [2.24, 2.45) is 0 Å². The van der Waals surface area contributed by atoms with Crippen LogP contribution >= 0.6 is 11.8 Å². The highest BCUT2D eigenvalue weighted by molar-refractivity contribution is 7.99. The lowest BCUT2D eigenvalue weighted by Gasteiger charge is -2.24. The number of ether oxygens (including phenoxy) is 1. The van der Waals surface area contributed by atoms with Gasteiger partial charge >= 0.3 is 0 Å². The molecule has 1 aliphatic rings. The summed E-state index contributed by atoms with van der Waals surface area (Å²) < 4.78 is 5.55. The molecule has 0 aromatic heterocycles. The highest BCUT2D eigenvalue weighted by Gasteiger charge is 2.27. The van der Waals surface area contributed by atoms with E-state index in [2.05, 4.69) is 12.2 Å². The zero-order valence-corrected chi connectivity index (χ0v) is 11.4. The van der Waals surface area contributed by atoms with Crippen molar-refractivity contribution in [3.8, 4) is 11.5 Å². The normalized spacial score (nSPS) is 21.2. The summed E-state index contributed by atoms with van der Waals surface area (Å²) in [6, 6.07) is 5.51. The molecule has 0 amide bonds. The van der Waals surface area contributed by atoms with E-state index in [0.717, 1.165) is 11.3 Å². The molecule has 0 aliphatic carbocycles. The fraction of sp³-hybridized carbons (Fsp3) is 0.538. The van der Waals surface area contributed by atoms with Crippen molar-refractivity contribution in [1.82, 2.24) is 5.32 Å². The lowest BCUT2D eigenvalue weighted by Crippen LogP contribution is -2.40. The van der Waals surface area contributed by atoms with Crippen LogP contribution in [0.3, 0.4) is 0 Å². The first kappa shape index (κ1) is 13.5. The number of aliphatic hydroxyl groups excluding tert-OH is 1. The van der Waals surface area contributed by atoms with E-state index in [-0.39, 0.29) is 29.7 Å². The monoisotopic (exact) mass is 269 g/mol. The van der Waals surface area contributed by atoms with E-state index in [1.165, 1.54) is 0 Å². The highest BCUT2D eigenvalue weighted by Crippen LogP contribution is 2.35. The molecular weight excluding hydrogens is 250 g/mol. The van der Waals surface area contributed by atoms with Crippen molar-refractivity contribution in [3.63, 3.8) is 0 Å². The van der Waals surface area contributed by atoms with Crippen molar-refractivity contribution in [2.45, 2.75) is 24.3 Å². The summed E-state index contributed by atoms with van der Waals surface area (Å²) in [6.07, 6.45) is 2.00. The molecule has 1 aromatic rings. The van der Waals surface area contributed by atoms with Crippen molar-refractivity contribution >= 4 is 11.8 Å². The molecule has 18 heavy (non-hydrogen) atoms.